The van der Waals surface area contributed by atoms with E-state index in [4.69, 9.17) is 8.85 Å². The summed E-state index contributed by atoms with van der Waals surface area (Å²) in [6.07, 6.45) is 5.58. The van der Waals surface area contributed by atoms with Gasteiger partial charge in [-0.25, -0.2) is 0 Å². The molecule has 0 aliphatic rings. The van der Waals surface area contributed by atoms with Gasteiger partial charge in [0.15, 0.2) is 0 Å². The molecule has 0 heterocycles. The summed E-state index contributed by atoms with van der Waals surface area (Å²) in [4.78, 5) is 0. The number of hydrogen-bond acceptors (Lipinski definition) is 2. The molecule has 0 atom stereocenters. The normalized spacial score (nSPS) is 11.3. The van der Waals surface area contributed by atoms with Crippen LogP contribution in [-0.2, 0) is 8.85 Å². The highest BCUT2D eigenvalue weighted by Gasteiger charge is 2.14. The van der Waals surface area contributed by atoms with Gasteiger partial charge in [-0.2, -0.15) is 0 Å². The van der Waals surface area contributed by atoms with E-state index in [0.717, 1.165) is 51.0 Å². The third kappa shape index (κ3) is 10.4. The van der Waals surface area contributed by atoms with Crippen molar-refractivity contribution in [3.05, 3.63) is 144 Å². The summed E-state index contributed by atoms with van der Waals surface area (Å²) in [5, 5.41) is 0. The lowest BCUT2D eigenvalue weighted by molar-refractivity contribution is 0.316. The van der Waals surface area contributed by atoms with Crippen molar-refractivity contribution in [2.75, 3.05) is 13.2 Å². The minimum Gasteiger partial charge on any atom is -0.417 e. The molecule has 0 aliphatic carbocycles. The van der Waals surface area contributed by atoms with E-state index in [1.54, 1.807) is 0 Å². The zero-order chi connectivity index (χ0) is 26.8. The third-order valence-electron chi connectivity index (χ3n) is 7.05. The Balaban J connectivity index is 1.04. The summed E-state index contributed by atoms with van der Waals surface area (Å²) in [7, 11) is 1.19. The zero-order valence-electron chi connectivity index (χ0n) is 22.9. The highest BCUT2D eigenvalue weighted by Crippen LogP contribution is 2.30. The van der Waals surface area contributed by atoms with Crippen molar-refractivity contribution in [1.29, 1.82) is 0 Å². The van der Waals surface area contributed by atoms with Crippen LogP contribution in [0.1, 0.15) is 66.2 Å². The van der Waals surface area contributed by atoms with E-state index in [1.807, 2.05) is 0 Å². The summed E-state index contributed by atoms with van der Waals surface area (Å²) in [5.41, 5.74) is 5.57. The molecular formula is C35H40O2Si2. The fraction of sp³-hybridized carbons (Fsp3) is 0.314. The smallest absolute Gasteiger partial charge is 0.229 e. The first-order valence-electron chi connectivity index (χ1n) is 14.3. The molecule has 0 fully saturated rings. The Morgan fingerprint density at radius 3 is 1.03 bits per heavy atom. The van der Waals surface area contributed by atoms with Gasteiger partial charge < -0.3 is 8.85 Å². The summed E-state index contributed by atoms with van der Waals surface area (Å²) in [6.45, 7) is 1.69. The molecule has 200 valence electrons. The molecule has 0 bridgehead atoms. The van der Waals surface area contributed by atoms with Crippen molar-refractivity contribution in [2.24, 2.45) is 0 Å². The van der Waals surface area contributed by atoms with Crippen LogP contribution in [0.2, 0.25) is 12.1 Å². The van der Waals surface area contributed by atoms with Crippen molar-refractivity contribution in [3.8, 4) is 0 Å². The van der Waals surface area contributed by atoms with Crippen molar-refractivity contribution in [3.63, 3.8) is 0 Å². The van der Waals surface area contributed by atoms with Crippen molar-refractivity contribution in [2.45, 2.75) is 56.0 Å². The fourth-order valence-electron chi connectivity index (χ4n) is 5.03. The molecule has 0 amide bonds. The molecule has 4 aromatic carbocycles. The maximum absolute atomic E-state index is 6.00. The second-order valence-corrected chi connectivity index (χ2v) is 12.0. The fourth-order valence-corrected chi connectivity index (χ4v) is 6.90. The van der Waals surface area contributed by atoms with Gasteiger partial charge in [0.1, 0.15) is 0 Å². The Hall–Kier alpha value is -2.77. The molecule has 0 aliphatic heterocycles. The third-order valence-corrected chi connectivity index (χ3v) is 8.98. The van der Waals surface area contributed by atoms with Gasteiger partial charge in [-0.15, -0.1) is 0 Å². The lowest BCUT2D eigenvalue weighted by atomic mass is 9.88. The molecule has 0 unspecified atom stereocenters. The summed E-state index contributed by atoms with van der Waals surface area (Å²) < 4.78 is 12.0. The molecular weight excluding hydrogens is 509 g/mol. The molecule has 0 N–H and O–H groups in total. The molecule has 0 spiro atoms. The first kappa shape index (κ1) is 29.2. The minimum absolute atomic E-state index is 0.438. The summed E-state index contributed by atoms with van der Waals surface area (Å²) >= 11 is 0. The second kappa shape index (κ2) is 17.7. The van der Waals surface area contributed by atoms with E-state index in [2.05, 4.69) is 121 Å². The van der Waals surface area contributed by atoms with Crippen LogP contribution in [0.3, 0.4) is 0 Å². The van der Waals surface area contributed by atoms with Crippen molar-refractivity contribution < 1.29 is 8.85 Å². The number of benzene rings is 4. The van der Waals surface area contributed by atoms with E-state index < -0.39 is 0 Å². The Morgan fingerprint density at radius 2 is 0.718 bits per heavy atom. The van der Waals surface area contributed by atoms with E-state index in [0.29, 0.717) is 31.4 Å². The highest BCUT2D eigenvalue weighted by atomic mass is 28.2. The van der Waals surface area contributed by atoms with E-state index in [-0.39, 0.29) is 0 Å². The molecule has 0 saturated heterocycles. The van der Waals surface area contributed by atoms with Crippen LogP contribution in [-0.4, -0.2) is 32.7 Å². The molecule has 2 nitrogen and oxygen atoms in total. The second-order valence-electron chi connectivity index (χ2n) is 9.87. The van der Waals surface area contributed by atoms with Crippen LogP contribution < -0.4 is 0 Å². The largest absolute Gasteiger partial charge is 0.417 e. The van der Waals surface area contributed by atoms with Crippen LogP contribution in [0, 0.1) is 0 Å². The van der Waals surface area contributed by atoms with Crippen molar-refractivity contribution >= 4 is 19.5 Å². The van der Waals surface area contributed by atoms with Crippen LogP contribution >= 0.6 is 0 Å². The van der Waals surface area contributed by atoms with Crippen LogP contribution in [0.15, 0.2) is 121 Å². The quantitative estimate of drug-likeness (QED) is 0.0914. The van der Waals surface area contributed by atoms with E-state index >= 15 is 0 Å². The average molecular weight is 549 g/mol. The molecule has 4 radical (unpaired) electrons. The van der Waals surface area contributed by atoms with Gasteiger partial charge in [0.2, 0.25) is 19.5 Å². The molecule has 0 saturated carbocycles. The van der Waals surface area contributed by atoms with Gasteiger partial charge in [-0.1, -0.05) is 128 Å². The van der Waals surface area contributed by atoms with Crippen LogP contribution in [0.25, 0.3) is 0 Å². The average Bonchev–Trinajstić information content (AvgIpc) is 3.01. The summed E-state index contributed by atoms with van der Waals surface area (Å²) in [5.74, 6) is 0.877. The van der Waals surface area contributed by atoms with Crippen molar-refractivity contribution in [1.82, 2.24) is 0 Å². The molecule has 4 aromatic rings. The molecule has 0 aromatic heterocycles. The maximum Gasteiger partial charge on any atom is 0.229 e. The Morgan fingerprint density at radius 1 is 0.410 bits per heavy atom. The summed E-state index contributed by atoms with van der Waals surface area (Å²) in [6, 6.07) is 45.7. The molecule has 39 heavy (non-hydrogen) atoms. The Kier molecular flexibility index (Phi) is 13.3. The van der Waals surface area contributed by atoms with Gasteiger partial charge in [0.25, 0.3) is 0 Å². The number of hydrogen-bond donors (Lipinski definition) is 0. The minimum atomic E-state index is 0.438. The van der Waals surface area contributed by atoms with Gasteiger partial charge >= 0.3 is 0 Å². The first-order valence-corrected chi connectivity index (χ1v) is 16.5. The lowest BCUT2D eigenvalue weighted by Crippen LogP contribution is -2.07. The van der Waals surface area contributed by atoms with Crippen LogP contribution in [0.4, 0.5) is 0 Å². The zero-order valence-corrected chi connectivity index (χ0v) is 24.9. The van der Waals surface area contributed by atoms with E-state index in [9.17, 15) is 0 Å². The monoisotopic (exact) mass is 548 g/mol. The standard InChI is InChI=1S/C35H40O2Si2/c1-5-16-30(17-6-1)34(31-18-7-2-8-19-31)24-13-26-36-38-28-15-29-39-37-27-14-25-35(32-20-9-3-10-21-32)33-22-11-4-12-23-33/h1-12,16-23,34-35H,13-15,24-29H2. The lowest BCUT2D eigenvalue weighted by Gasteiger charge is -2.18. The first-order chi connectivity index (χ1) is 19.4. The molecule has 4 heteroatoms. The molecule has 4 rings (SSSR count). The highest BCUT2D eigenvalue weighted by molar-refractivity contribution is 6.29. The maximum atomic E-state index is 6.00. The van der Waals surface area contributed by atoms with Crippen LogP contribution in [0.5, 0.6) is 0 Å². The predicted molar refractivity (Wildman–Crippen MR) is 166 cm³/mol. The van der Waals surface area contributed by atoms with E-state index in [1.165, 1.54) is 28.7 Å². The Labute approximate surface area is 240 Å². The topological polar surface area (TPSA) is 18.5 Å². The number of rotatable bonds is 18. The Bertz CT molecular complexity index is 968. The van der Waals surface area contributed by atoms with Gasteiger partial charge in [-0.05, 0) is 60.0 Å². The van der Waals surface area contributed by atoms with Gasteiger partial charge in [0.05, 0.1) is 0 Å². The predicted octanol–water partition coefficient (Wildman–Crippen LogP) is 8.71. The van der Waals surface area contributed by atoms with Gasteiger partial charge in [0, 0.05) is 25.0 Å². The van der Waals surface area contributed by atoms with Gasteiger partial charge in [-0.3, -0.25) is 0 Å². The SMILES string of the molecule is c1ccc(C(CCCO[Si]CCC[Si]OCCCC(c2ccccc2)c2ccccc2)c2ccccc2)cc1.